The summed E-state index contributed by atoms with van der Waals surface area (Å²) in [6, 6.07) is 5.34. The van der Waals surface area contributed by atoms with Gasteiger partial charge in [-0.3, -0.25) is 0 Å². The Morgan fingerprint density at radius 2 is 1.92 bits per heavy atom. The van der Waals surface area contributed by atoms with Crippen LogP contribution in [0.2, 0.25) is 0 Å². The van der Waals surface area contributed by atoms with Gasteiger partial charge < -0.3 is 14.6 Å². The Hall–Kier alpha value is -1.22. The van der Waals surface area contributed by atoms with Gasteiger partial charge in [-0.1, -0.05) is 0 Å². The quantitative estimate of drug-likeness (QED) is 0.774. The van der Waals surface area contributed by atoms with Gasteiger partial charge in [0.05, 0.1) is 20.3 Å². The van der Waals surface area contributed by atoms with Crippen molar-refractivity contribution in [2.75, 3.05) is 14.2 Å². The SMILES string of the molecule is COc1ccc(OC)c([C@H](C)O)c1. The van der Waals surface area contributed by atoms with E-state index < -0.39 is 6.10 Å². The van der Waals surface area contributed by atoms with Crippen molar-refractivity contribution in [1.82, 2.24) is 0 Å². The highest BCUT2D eigenvalue weighted by Gasteiger charge is 2.09. The Morgan fingerprint density at radius 3 is 2.38 bits per heavy atom. The molecule has 1 N–H and O–H groups in total. The van der Waals surface area contributed by atoms with Gasteiger partial charge in [0, 0.05) is 5.56 Å². The van der Waals surface area contributed by atoms with Crippen LogP contribution >= 0.6 is 0 Å². The van der Waals surface area contributed by atoms with Crippen LogP contribution < -0.4 is 9.47 Å². The summed E-state index contributed by atoms with van der Waals surface area (Å²) >= 11 is 0. The van der Waals surface area contributed by atoms with Crippen LogP contribution in [0.5, 0.6) is 11.5 Å². The van der Waals surface area contributed by atoms with E-state index in [1.807, 2.05) is 0 Å². The molecule has 0 spiro atoms. The number of methoxy groups -OCH3 is 2. The summed E-state index contributed by atoms with van der Waals surface area (Å²) in [7, 11) is 3.17. The summed E-state index contributed by atoms with van der Waals surface area (Å²) in [4.78, 5) is 0. The largest absolute Gasteiger partial charge is 0.497 e. The normalized spacial score (nSPS) is 12.3. The van der Waals surface area contributed by atoms with E-state index in [0.29, 0.717) is 5.75 Å². The molecule has 1 atom stereocenters. The smallest absolute Gasteiger partial charge is 0.124 e. The molecule has 72 valence electrons. The molecule has 0 saturated carbocycles. The molecule has 0 saturated heterocycles. The maximum atomic E-state index is 9.42. The molecule has 3 nitrogen and oxygen atoms in total. The minimum Gasteiger partial charge on any atom is -0.497 e. The third kappa shape index (κ3) is 2.12. The van der Waals surface area contributed by atoms with Gasteiger partial charge in [0.25, 0.3) is 0 Å². The van der Waals surface area contributed by atoms with Crippen molar-refractivity contribution >= 4 is 0 Å². The summed E-state index contributed by atoms with van der Waals surface area (Å²) in [6.45, 7) is 1.69. The second-order valence-electron chi connectivity index (χ2n) is 2.78. The number of hydrogen-bond donors (Lipinski definition) is 1. The van der Waals surface area contributed by atoms with Gasteiger partial charge in [0.2, 0.25) is 0 Å². The molecule has 0 aromatic heterocycles. The van der Waals surface area contributed by atoms with Crippen molar-refractivity contribution in [2.45, 2.75) is 13.0 Å². The van der Waals surface area contributed by atoms with Gasteiger partial charge in [-0.25, -0.2) is 0 Å². The van der Waals surface area contributed by atoms with E-state index in [1.165, 1.54) is 0 Å². The molecule has 3 heteroatoms. The predicted molar refractivity (Wildman–Crippen MR) is 50.2 cm³/mol. The highest BCUT2D eigenvalue weighted by molar-refractivity contribution is 5.41. The fourth-order valence-electron chi connectivity index (χ4n) is 1.17. The lowest BCUT2D eigenvalue weighted by molar-refractivity contribution is 0.193. The second-order valence-corrected chi connectivity index (χ2v) is 2.78. The van der Waals surface area contributed by atoms with E-state index in [4.69, 9.17) is 9.47 Å². The number of hydrogen-bond acceptors (Lipinski definition) is 3. The zero-order valence-corrected chi connectivity index (χ0v) is 8.07. The van der Waals surface area contributed by atoms with Crippen LogP contribution in [0.15, 0.2) is 18.2 Å². The molecule has 13 heavy (non-hydrogen) atoms. The van der Waals surface area contributed by atoms with Crippen molar-refractivity contribution in [3.05, 3.63) is 23.8 Å². The van der Waals surface area contributed by atoms with Gasteiger partial charge in [-0.05, 0) is 25.1 Å². The van der Waals surface area contributed by atoms with E-state index in [2.05, 4.69) is 0 Å². The number of benzene rings is 1. The summed E-state index contributed by atoms with van der Waals surface area (Å²) in [6.07, 6.45) is -0.551. The average molecular weight is 182 g/mol. The van der Waals surface area contributed by atoms with E-state index in [0.717, 1.165) is 11.3 Å². The highest BCUT2D eigenvalue weighted by atomic mass is 16.5. The molecule has 1 aromatic carbocycles. The standard InChI is InChI=1S/C10H14O3/c1-7(11)9-6-8(12-2)4-5-10(9)13-3/h4-7,11H,1-3H3/t7-/m0/s1. The molecule has 0 aliphatic rings. The Labute approximate surface area is 77.9 Å². The van der Waals surface area contributed by atoms with Crippen LogP contribution in [0.25, 0.3) is 0 Å². The molecular weight excluding hydrogens is 168 g/mol. The zero-order chi connectivity index (χ0) is 9.84. The fourth-order valence-corrected chi connectivity index (χ4v) is 1.17. The zero-order valence-electron chi connectivity index (χ0n) is 8.07. The van der Waals surface area contributed by atoms with Crippen LogP contribution in [-0.4, -0.2) is 19.3 Å². The molecule has 0 radical (unpaired) electrons. The molecule has 0 heterocycles. The number of rotatable bonds is 3. The molecule has 0 fully saturated rings. The lowest BCUT2D eigenvalue weighted by atomic mass is 10.1. The summed E-state index contributed by atoms with van der Waals surface area (Å²) in [5, 5.41) is 9.42. The number of ether oxygens (including phenoxy) is 2. The van der Waals surface area contributed by atoms with E-state index in [1.54, 1.807) is 39.3 Å². The van der Waals surface area contributed by atoms with Crippen molar-refractivity contribution in [3.63, 3.8) is 0 Å². The molecule has 0 bridgehead atoms. The lowest BCUT2D eigenvalue weighted by Gasteiger charge is -2.11. The van der Waals surface area contributed by atoms with E-state index in [9.17, 15) is 5.11 Å². The predicted octanol–water partition coefficient (Wildman–Crippen LogP) is 1.76. The van der Waals surface area contributed by atoms with Crippen molar-refractivity contribution in [3.8, 4) is 11.5 Å². The lowest BCUT2D eigenvalue weighted by Crippen LogP contribution is -1.97. The van der Waals surface area contributed by atoms with Gasteiger partial charge in [-0.2, -0.15) is 0 Å². The average Bonchev–Trinajstić information content (AvgIpc) is 2.16. The van der Waals surface area contributed by atoms with Gasteiger partial charge in [-0.15, -0.1) is 0 Å². The Morgan fingerprint density at radius 1 is 1.23 bits per heavy atom. The van der Waals surface area contributed by atoms with Crippen LogP contribution in [0.3, 0.4) is 0 Å². The van der Waals surface area contributed by atoms with Crippen molar-refractivity contribution in [1.29, 1.82) is 0 Å². The number of aliphatic hydroxyl groups excluding tert-OH is 1. The van der Waals surface area contributed by atoms with Gasteiger partial charge in [0.1, 0.15) is 11.5 Å². The van der Waals surface area contributed by atoms with Gasteiger partial charge >= 0.3 is 0 Å². The first-order valence-electron chi connectivity index (χ1n) is 4.09. The van der Waals surface area contributed by atoms with Crippen LogP contribution in [0.1, 0.15) is 18.6 Å². The van der Waals surface area contributed by atoms with E-state index in [-0.39, 0.29) is 0 Å². The van der Waals surface area contributed by atoms with Crippen molar-refractivity contribution < 1.29 is 14.6 Å². The van der Waals surface area contributed by atoms with Crippen LogP contribution in [0, 0.1) is 0 Å². The molecule has 1 rings (SSSR count). The molecule has 1 aromatic rings. The minimum atomic E-state index is -0.551. The van der Waals surface area contributed by atoms with Crippen LogP contribution in [-0.2, 0) is 0 Å². The molecule has 0 aliphatic heterocycles. The molecule has 0 aliphatic carbocycles. The minimum absolute atomic E-state index is 0.551. The Bertz CT molecular complexity index is 281. The Balaban J connectivity index is 3.10. The first-order chi connectivity index (χ1) is 6.19. The molecular formula is C10H14O3. The molecule has 0 amide bonds. The third-order valence-corrected chi connectivity index (χ3v) is 1.89. The highest BCUT2D eigenvalue weighted by Crippen LogP contribution is 2.28. The van der Waals surface area contributed by atoms with E-state index >= 15 is 0 Å². The second kappa shape index (κ2) is 4.14. The maximum Gasteiger partial charge on any atom is 0.124 e. The third-order valence-electron chi connectivity index (χ3n) is 1.89. The maximum absolute atomic E-state index is 9.42. The monoisotopic (exact) mass is 182 g/mol. The fraction of sp³-hybridized carbons (Fsp3) is 0.400. The Kier molecular flexibility index (Phi) is 3.14. The van der Waals surface area contributed by atoms with Gasteiger partial charge in [0.15, 0.2) is 0 Å². The first kappa shape index (κ1) is 9.86. The molecule has 0 unspecified atom stereocenters. The number of aliphatic hydroxyl groups is 1. The van der Waals surface area contributed by atoms with Crippen molar-refractivity contribution in [2.24, 2.45) is 0 Å². The van der Waals surface area contributed by atoms with Crippen LogP contribution in [0.4, 0.5) is 0 Å². The summed E-state index contributed by atoms with van der Waals surface area (Å²) in [5.41, 5.74) is 0.738. The summed E-state index contributed by atoms with van der Waals surface area (Å²) < 4.78 is 10.1. The topological polar surface area (TPSA) is 38.7 Å². The summed E-state index contributed by atoms with van der Waals surface area (Å²) in [5.74, 6) is 1.40. The first-order valence-corrected chi connectivity index (χ1v) is 4.09.